The lowest BCUT2D eigenvalue weighted by atomic mass is 9.96. The summed E-state index contributed by atoms with van der Waals surface area (Å²) in [4.78, 5) is 0. The van der Waals surface area contributed by atoms with E-state index in [2.05, 4.69) is 22.9 Å². The van der Waals surface area contributed by atoms with Crippen molar-refractivity contribution in [2.75, 3.05) is 0 Å². The molecule has 0 saturated carbocycles. The highest BCUT2D eigenvalue weighted by Gasteiger charge is 2.09. The summed E-state index contributed by atoms with van der Waals surface area (Å²) in [5, 5.41) is 9.24. The topological polar surface area (TPSA) is 20.2 Å². The van der Waals surface area contributed by atoms with Crippen LogP contribution in [0.15, 0.2) is 22.7 Å². The van der Waals surface area contributed by atoms with E-state index in [0.29, 0.717) is 5.92 Å². The van der Waals surface area contributed by atoms with Gasteiger partial charge in [-0.05, 0) is 43.4 Å². The van der Waals surface area contributed by atoms with E-state index in [1.807, 2.05) is 0 Å². The monoisotopic (exact) mass is 274 g/mol. The molecule has 0 aliphatic rings. The smallest absolute Gasteiger partial charge is 0.124 e. The molecule has 84 valence electrons. The van der Waals surface area contributed by atoms with E-state index >= 15 is 0 Å². The summed E-state index contributed by atoms with van der Waals surface area (Å²) in [7, 11) is 0. The van der Waals surface area contributed by atoms with Crippen LogP contribution in [-0.4, -0.2) is 11.2 Å². The van der Waals surface area contributed by atoms with Gasteiger partial charge in [-0.25, -0.2) is 4.39 Å². The van der Waals surface area contributed by atoms with Crippen LogP contribution in [0.5, 0.6) is 0 Å². The lowest BCUT2D eigenvalue weighted by Crippen LogP contribution is -2.09. The van der Waals surface area contributed by atoms with Gasteiger partial charge in [0, 0.05) is 4.47 Å². The highest BCUT2D eigenvalue weighted by Crippen LogP contribution is 2.22. The molecule has 0 bridgehead atoms. The van der Waals surface area contributed by atoms with Gasteiger partial charge in [0.25, 0.3) is 0 Å². The van der Waals surface area contributed by atoms with Crippen molar-refractivity contribution < 1.29 is 9.50 Å². The van der Waals surface area contributed by atoms with Crippen molar-refractivity contribution in [1.29, 1.82) is 0 Å². The van der Waals surface area contributed by atoms with Crippen molar-refractivity contribution in [3.63, 3.8) is 0 Å². The van der Waals surface area contributed by atoms with Gasteiger partial charge < -0.3 is 5.11 Å². The normalized spacial score (nSPS) is 15.0. The summed E-state index contributed by atoms with van der Waals surface area (Å²) < 4.78 is 13.6. The first kappa shape index (κ1) is 12.7. The van der Waals surface area contributed by atoms with Gasteiger partial charge in [0.1, 0.15) is 5.82 Å². The molecule has 1 N–H and O–H groups in total. The minimum Gasteiger partial charge on any atom is -0.393 e. The van der Waals surface area contributed by atoms with Crippen molar-refractivity contribution in [2.45, 2.75) is 32.8 Å². The maximum absolute atomic E-state index is 12.8. The van der Waals surface area contributed by atoms with Crippen LogP contribution in [0.2, 0.25) is 0 Å². The number of aliphatic hydroxyl groups is 1. The first-order valence-corrected chi connectivity index (χ1v) is 5.90. The van der Waals surface area contributed by atoms with Crippen molar-refractivity contribution >= 4 is 15.9 Å². The van der Waals surface area contributed by atoms with Gasteiger partial charge in [0.05, 0.1) is 6.10 Å². The zero-order valence-corrected chi connectivity index (χ0v) is 10.6. The minimum atomic E-state index is -0.278. The molecule has 0 spiro atoms. The Labute approximate surface area is 98.4 Å². The average molecular weight is 275 g/mol. The zero-order chi connectivity index (χ0) is 11.4. The number of aliphatic hydroxyl groups excluding tert-OH is 1. The molecule has 0 aliphatic heterocycles. The Morgan fingerprint density at radius 2 is 2.07 bits per heavy atom. The van der Waals surface area contributed by atoms with E-state index in [1.54, 1.807) is 13.0 Å². The molecule has 0 aromatic heterocycles. The van der Waals surface area contributed by atoms with Gasteiger partial charge in [-0.2, -0.15) is 0 Å². The molecule has 0 amide bonds. The summed E-state index contributed by atoms with van der Waals surface area (Å²) >= 11 is 3.34. The van der Waals surface area contributed by atoms with Crippen LogP contribution in [0.1, 0.15) is 25.8 Å². The molecular formula is C12H16BrFO. The third-order valence-corrected chi connectivity index (χ3v) is 3.07. The molecule has 15 heavy (non-hydrogen) atoms. The zero-order valence-electron chi connectivity index (χ0n) is 9.00. The average Bonchev–Trinajstić information content (AvgIpc) is 2.08. The number of benzene rings is 1. The highest BCUT2D eigenvalue weighted by molar-refractivity contribution is 9.10. The molecule has 0 aliphatic carbocycles. The first-order valence-electron chi connectivity index (χ1n) is 5.11. The van der Waals surface area contributed by atoms with Crippen LogP contribution >= 0.6 is 15.9 Å². The lowest BCUT2D eigenvalue weighted by molar-refractivity contribution is 0.164. The maximum Gasteiger partial charge on any atom is 0.124 e. The highest BCUT2D eigenvalue weighted by atomic mass is 79.9. The van der Waals surface area contributed by atoms with Crippen LogP contribution in [-0.2, 0) is 6.42 Å². The predicted molar refractivity (Wildman–Crippen MR) is 63.3 cm³/mol. The molecule has 0 heterocycles. The fourth-order valence-corrected chi connectivity index (χ4v) is 2.24. The Hall–Kier alpha value is -0.410. The fourth-order valence-electron chi connectivity index (χ4n) is 1.73. The molecule has 0 fully saturated rings. The molecule has 0 saturated heterocycles. The van der Waals surface area contributed by atoms with Gasteiger partial charge in [0.2, 0.25) is 0 Å². The SMILES string of the molecule is CC(O)CC(C)Cc1ccc(F)cc1Br. The minimum absolute atomic E-state index is 0.228. The number of halogens is 2. The second-order valence-corrected chi connectivity index (χ2v) is 4.98. The first-order chi connectivity index (χ1) is 6.99. The maximum atomic E-state index is 12.8. The van der Waals surface area contributed by atoms with Crippen molar-refractivity contribution in [3.8, 4) is 0 Å². The Bertz CT molecular complexity index is 325. The van der Waals surface area contributed by atoms with Crippen LogP contribution < -0.4 is 0 Å². The summed E-state index contributed by atoms with van der Waals surface area (Å²) in [5.74, 6) is 0.167. The van der Waals surface area contributed by atoms with Gasteiger partial charge in [-0.15, -0.1) is 0 Å². The molecule has 2 unspecified atom stereocenters. The van der Waals surface area contributed by atoms with Crippen LogP contribution in [0.4, 0.5) is 4.39 Å². The number of rotatable bonds is 4. The largest absolute Gasteiger partial charge is 0.393 e. The van der Waals surface area contributed by atoms with Crippen LogP contribution in [0, 0.1) is 11.7 Å². The van der Waals surface area contributed by atoms with Crippen LogP contribution in [0.25, 0.3) is 0 Å². The Kier molecular flexibility index (Phi) is 4.74. The fraction of sp³-hybridized carbons (Fsp3) is 0.500. The van der Waals surface area contributed by atoms with Crippen molar-refractivity contribution in [2.24, 2.45) is 5.92 Å². The van der Waals surface area contributed by atoms with E-state index in [-0.39, 0.29) is 11.9 Å². The third-order valence-electron chi connectivity index (χ3n) is 2.33. The van der Waals surface area contributed by atoms with Crippen LogP contribution in [0.3, 0.4) is 0 Å². The predicted octanol–water partition coefficient (Wildman–Crippen LogP) is 3.54. The second kappa shape index (κ2) is 5.61. The van der Waals surface area contributed by atoms with Gasteiger partial charge in [-0.1, -0.05) is 28.9 Å². The molecule has 1 nitrogen and oxygen atoms in total. The standard InChI is InChI=1S/C12H16BrFO/c1-8(5-9(2)15)6-10-3-4-11(14)7-12(10)13/h3-4,7-9,15H,5-6H2,1-2H3. The molecular weight excluding hydrogens is 259 g/mol. The van der Waals surface area contributed by atoms with Crippen molar-refractivity contribution in [1.82, 2.24) is 0 Å². The van der Waals surface area contributed by atoms with E-state index in [4.69, 9.17) is 0 Å². The van der Waals surface area contributed by atoms with Crippen molar-refractivity contribution in [3.05, 3.63) is 34.1 Å². The molecule has 1 aromatic rings. The van der Waals surface area contributed by atoms with Gasteiger partial charge in [0.15, 0.2) is 0 Å². The van der Waals surface area contributed by atoms with E-state index in [1.165, 1.54) is 12.1 Å². The molecule has 2 atom stereocenters. The summed E-state index contributed by atoms with van der Waals surface area (Å²) in [6, 6.07) is 4.73. The lowest BCUT2D eigenvalue weighted by Gasteiger charge is -2.14. The Balaban J connectivity index is 2.64. The molecule has 0 radical (unpaired) electrons. The Morgan fingerprint density at radius 1 is 1.40 bits per heavy atom. The Morgan fingerprint density at radius 3 is 2.60 bits per heavy atom. The third kappa shape index (κ3) is 4.31. The molecule has 3 heteroatoms. The van der Waals surface area contributed by atoms with Gasteiger partial charge >= 0.3 is 0 Å². The number of hydrogen-bond acceptors (Lipinski definition) is 1. The summed E-state index contributed by atoms with van der Waals surface area (Å²) in [6.45, 7) is 3.87. The molecule has 1 rings (SSSR count). The molecule has 1 aromatic carbocycles. The summed E-state index contributed by atoms with van der Waals surface area (Å²) in [5.41, 5.74) is 1.09. The van der Waals surface area contributed by atoms with E-state index < -0.39 is 0 Å². The van der Waals surface area contributed by atoms with E-state index in [9.17, 15) is 9.50 Å². The second-order valence-electron chi connectivity index (χ2n) is 4.13. The number of hydrogen-bond donors (Lipinski definition) is 1. The quantitative estimate of drug-likeness (QED) is 0.891. The summed E-state index contributed by atoms with van der Waals surface area (Å²) in [6.07, 6.45) is 1.34. The van der Waals surface area contributed by atoms with Gasteiger partial charge in [-0.3, -0.25) is 0 Å². The van der Waals surface area contributed by atoms with E-state index in [0.717, 1.165) is 22.9 Å².